The fourth-order valence-corrected chi connectivity index (χ4v) is 5.57. The summed E-state index contributed by atoms with van der Waals surface area (Å²) in [6, 6.07) is 9.01. The third kappa shape index (κ3) is 11.0. The van der Waals surface area contributed by atoms with E-state index in [-0.39, 0.29) is 12.6 Å². The average Bonchev–Trinajstić information content (AvgIpc) is 3.38. The van der Waals surface area contributed by atoms with Gasteiger partial charge in [-0.15, -0.1) is 0 Å². The number of nitriles is 1. The molecule has 1 fully saturated rings. The Morgan fingerprint density at radius 1 is 1.13 bits per heavy atom. The van der Waals surface area contributed by atoms with E-state index >= 15 is 0 Å². The van der Waals surface area contributed by atoms with Crippen molar-refractivity contribution in [1.82, 2.24) is 25.8 Å². The summed E-state index contributed by atoms with van der Waals surface area (Å²) in [5.41, 5.74) is 11.9. The molecule has 2 aromatic rings. The van der Waals surface area contributed by atoms with Gasteiger partial charge in [-0.3, -0.25) is 4.98 Å². The van der Waals surface area contributed by atoms with Crippen LogP contribution in [0.1, 0.15) is 57.9 Å². The van der Waals surface area contributed by atoms with Crippen LogP contribution in [0.3, 0.4) is 0 Å². The molecule has 2 atom stereocenters. The summed E-state index contributed by atoms with van der Waals surface area (Å²) in [4.78, 5) is 5.99. The monoisotopic (exact) mass is 644 g/mol. The number of para-hydroxylation sites is 1. The molecule has 47 heavy (non-hydrogen) atoms. The molecule has 0 spiro atoms. The molecule has 252 valence electrons. The lowest BCUT2D eigenvalue weighted by atomic mass is 10.1. The van der Waals surface area contributed by atoms with E-state index in [0.717, 1.165) is 64.9 Å². The number of hydrogen-bond acceptors (Lipinski definition) is 8. The van der Waals surface area contributed by atoms with Crippen molar-refractivity contribution in [2.45, 2.75) is 70.4 Å². The Hall–Kier alpha value is -4.62. The Balaban J connectivity index is 1.55. The molecule has 1 aromatic heterocycles. The van der Waals surface area contributed by atoms with E-state index in [0.29, 0.717) is 30.9 Å². The lowest BCUT2D eigenvalue weighted by Crippen LogP contribution is -2.33. The zero-order chi connectivity index (χ0) is 34.4. The molecule has 10 heteroatoms. The molecule has 1 saturated heterocycles. The van der Waals surface area contributed by atoms with Crippen molar-refractivity contribution in [3.63, 3.8) is 0 Å². The van der Waals surface area contributed by atoms with Crippen LogP contribution in [0.2, 0.25) is 0 Å². The lowest BCUT2D eigenvalue weighted by Gasteiger charge is -2.25. The lowest BCUT2D eigenvalue weighted by molar-refractivity contribution is 0.0147. The maximum atomic E-state index is 13.9. The minimum Gasteiger partial charge on any atom is -0.383 e. The summed E-state index contributed by atoms with van der Waals surface area (Å²) in [5, 5.41) is 23.8. The molecular weight excluding hydrogens is 594 g/mol. The van der Waals surface area contributed by atoms with Gasteiger partial charge in [0.25, 0.3) is 5.92 Å². The number of alkyl halides is 2. The third-order valence-electron chi connectivity index (χ3n) is 8.10. The molecule has 0 bridgehead atoms. The van der Waals surface area contributed by atoms with Crippen molar-refractivity contribution in [2.24, 2.45) is 5.73 Å². The van der Waals surface area contributed by atoms with Crippen molar-refractivity contribution >= 4 is 22.3 Å². The van der Waals surface area contributed by atoms with Gasteiger partial charge in [0, 0.05) is 58.1 Å². The number of nitrogens with zero attached hydrogens (tertiary/aromatic N) is 3. The number of likely N-dealkylation sites (tertiary alicyclic amines) is 1. The van der Waals surface area contributed by atoms with Gasteiger partial charge in [-0.2, -0.15) is 5.26 Å². The van der Waals surface area contributed by atoms with Gasteiger partial charge in [-0.1, -0.05) is 56.7 Å². The predicted octanol–water partition coefficient (Wildman–Crippen LogP) is 6.92. The van der Waals surface area contributed by atoms with Gasteiger partial charge in [-0.25, -0.2) is 8.78 Å². The number of nitrogens with two attached hydrogens (primary N) is 1. The van der Waals surface area contributed by atoms with Crippen molar-refractivity contribution in [3.8, 4) is 6.07 Å². The first-order valence-electron chi connectivity index (χ1n) is 16.2. The zero-order valence-electron chi connectivity index (χ0n) is 27.8. The number of nitrogens with one attached hydrogen (secondary N) is 4. The topological polar surface area (TPSA) is 114 Å². The van der Waals surface area contributed by atoms with Crippen LogP contribution >= 0.6 is 0 Å². The second-order valence-corrected chi connectivity index (χ2v) is 11.9. The summed E-state index contributed by atoms with van der Waals surface area (Å²) >= 11 is 0. The van der Waals surface area contributed by atoms with Crippen LogP contribution in [0.4, 0.5) is 14.5 Å². The van der Waals surface area contributed by atoms with Gasteiger partial charge < -0.3 is 31.9 Å². The van der Waals surface area contributed by atoms with Gasteiger partial charge in [0.15, 0.2) is 0 Å². The number of pyridine rings is 1. The Kier molecular flexibility index (Phi) is 14.0. The van der Waals surface area contributed by atoms with Crippen LogP contribution in [0, 0.1) is 11.3 Å². The average molecular weight is 645 g/mol. The van der Waals surface area contributed by atoms with E-state index in [2.05, 4.69) is 70.8 Å². The zero-order valence-corrected chi connectivity index (χ0v) is 27.8. The van der Waals surface area contributed by atoms with Crippen LogP contribution < -0.4 is 27.0 Å². The van der Waals surface area contributed by atoms with Crippen LogP contribution in [0.5, 0.6) is 0 Å². The van der Waals surface area contributed by atoms with E-state index in [1.807, 2.05) is 44.2 Å². The van der Waals surface area contributed by atoms with Gasteiger partial charge in [0.2, 0.25) is 0 Å². The number of aromatic nitrogens is 1. The number of anilines is 1. The first kappa shape index (κ1) is 36.8. The fourth-order valence-electron chi connectivity index (χ4n) is 5.57. The highest BCUT2D eigenvalue weighted by atomic mass is 19.3. The van der Waals surface area contributed by atoms with Gasteiger partial charge >= 0.3 is 0 Å². The number of fused-ring (bicyclic) bond motifs is 1. The summed E-state index contributed by atoms with van der Waals surface area (Å²) in [5.74, 6) is -2.91. The molecule has 0 amide bonds. The van der Waals surface area contributed by atoms with Crippen molar-refractivity contribution in [1.29, 1.82) is 5.26 Å². The molecule has 6 N–H and O–H groups in total. The summed E-state index contributed by atoms with van der Waals surface area (Å²) < 4.78 is 27.8. The second-order valence-electron chi connectivity index (χ2n) is 11.9. The molecule has 1 aliphatic rings. The van der Waals surface area contributed by atoms with Gasteiger partial charge in [0.05, 0.1) is 36.9 Å². The minimum absolute atomic E-state index is 0.182. The summed E-state index contributed by atoms with van der Waals surface area (Å²) in [6.07, 6.45) is 12.1. The number of unbranched alkanes of at least 4 members (excludes halogenated alkanes) is 1. The highest BCUT2D eigenvalue weighted by molar-refractivity contribution is 5.97. The normalized spacial score (nSPS) is 16.5. The third-order valence-corrected chi connectivity index (χ3v) is 8.10. The Morgan fingerprint density at radius 2 is 1.91 bits per heavy atom. The molecule has 8 nitrogen and oxygen atoms in total. The molecule has 3 rings (SSSR count). The van der Waals surface area contributed by atoms with Crippen LogP contribution in [0.25, 0.3) is 16.6 Å². The van der Waals surface area contributed by atoms with E-state index < -0.39 is 24.9 Å². The summed E-state index contributed by atoms with van der Waals surface area (Å²) in [7, 11) is 0. The number of benzene rings is 1. The molecular formula is C37H50F2N8. The van der Waals surface area contributed by atoms with E-state index in [9.17, 15) is 14.0 Å². The smallest absolute Gasteiger partial charge is 0.268 e. The number of halogens is 2. The van der Waals surface area contributed by atoms with E-state index in [4.69, 9.17) is 5.73 Å². The maximum absolute atomic E-state index is 13.9. The SMILES string of the molecule is C=C(CC/C(=C/C)NCC(=C)NC(/C=C/C)CCCCN)Nc1cccc2c(C(=C)NCC(=C)N3CC(F)(F)CC3C#N)ccnc12. The largest absolute Gasteiger partial charge is 0.383 e. The van der Waals surface area contributed by atoms with Crippen molar-refractivity contribution in [2.75, 3.05) is 31.5 Å². The van der Waals surface area contributed by atoms with Crippen molar-refractivity contribution < 1.29 is 8.78 Å². The Morgan fingerprint density at radius 3 is 2.62 bits per heavy atom. The van der Waals surface area contributed by atoms with Gasteiger partial charge in [0.1, 0.15) is 6.04 Å². The van der Waals surface area contributed by atoms with E-state index in [1.165, 1.54) is 4.90 Å². The summed E-state index contributed by atoms with van der Waals surface area (Å²) in [6.45, 7) is 21.6. The molecule has 0 saturated carbocycles. The van der Waals surface area contributed by atoms with Crippen LogP contribution in [0.15, 0.2) is 97.8 Å². The molecule has 2 heterocycles. The minimum atomic E-state index is -2.91. The number of hydrogen-bond donors (Lipinski definition) is 5. The quantitative estimate of drug-likeness (QED) is 0.0780. The van der Waals surface area contributed by atoms with Gasteiger partial charge in [-0.05, 0) is 64.6 Å². The van der Waals surface area contributed by atoms with Crippen LogP contribution in [-0.4, -0.2) is 54.1 Å². The molecule has 2 unspecified atom stereocenters. The first-order valence-corrected chi connectivity index (χ1v) is 16.2. The maximum Gasteiger partial charge on any atom is 0.268 e. The number of allylic oxidation sites excluding steroid dienone is 4. The highest BCUT2D eigenvalue weighted by Crippen LogP contribution is 2.34. The van der Waals surface area contributed by atoms with E-state index in [1.54, 1.807) is 6.20 Å². The fraction of sp³-hybridized carbons (Fsp3) is 0.405. The first-order chi connectivity index (χ1) is 22.5. The van der Waals surface area contributed by atoms with Crippen LogP contribution in [-0.2, 0) is 0 Å². The van der Waals surface area contributed by atoms with Crippen molar-refractivity contribution in [3.05, 3.63) is 103 Å². The molecule has 1 aliphatic heterocycles. The molecule has 0 radical (unpaired) electrons. The Bertz CT molecular complexity index is 1520. The number of rotatable bonds is 20. The molecule has 1 aromatic carbocycles. The Labute approximate surface area is 278 Å². The predicted molar refractivity (Wildman–Crippen MR) is 191 cm³/mol. The highest BCUT2D eigenvalue weighted by Gasteiger charge is 2.45. The second kappa shape index (κ2) is 17.9. The standard InChI is InChI=1S/C37H50F2N8/c1-7-12-31(13-9-10-19-40)45-27(4)23-44-30(8-2)17-16-26(3)46-35-15-11-14-34-33(18-20-42-36(34)35)29(6)43-24-28(5)47-25-37(38,39)21-32(47)22-41/h7-8,11-12,14-15,18,20,31-32,43-46H,3-6,9-10,13,16-17,19,21,23-25,40H2,1-2H3/b12-7+,30-8-. The molecule has 0 aliphatic carbocycles.